The van der Waals surface area contributed by atoms with Crippen molar-refractivity contribution in [1.82, 2.24) is 0 Å². The second-order valence-electron chi connectivity index (χ2n) is 13.1. The van der Waals surface area contributed by atoms with Gasteiger partial charge in [-0.2, -0.15) is 0 Å². The van der Waals surface area contributed by atoms with Gasteiger partial charge in [-0.3, -0.25) is 19.2 Å². The van der Waals surface area contributed by atoms with E-state index in [1.807, 2.05) is 38.1 Å². The number of amides is 4. The molecule has 9 nitrogen and oxygen atoms in total. The molecule has 3 aromatic carbocycles. The zero-order valence-electron chi connectivity index (χ0n) is 27.0. The highest BCUT2D eigenvalue weighted by molar-refractivity contribution is 6.32. The highest BCUT2D eigenvalue weighted by Crippen LogP contribution is 2.61. The minimum Gasteiger partial charge on any atom is -0.502 e. The molecule has 3 fully saturated rings. The quantitative estimate of drug-likeness (QED) is 0.241. The monoisotopic (exact) mass is 666 g/mol. The number of aryl methyl sites for hydroxylation is 1. The molecule has 1 saturated carbocycles. The van der Waals surface area contributed by atoms with Crippen LogP contribution in [0.4, 0.5) is 11.4 Å². The van der Waals surface area contributed by atoms with Gasteiger partial charge in [0.2, 0.25) is 29.4 Å². The van der Waals surface area contributed by atoms with Crippen LogP contribution in [0.15, 0.2) is 78.4 Å². The Hall–Kier alpha value is -4.89. The number of anilines is 2. The van der Waals surface area contributed by atoms with E-state index >= 15 is 0 Å². The van der Waals surface area contributed by atoms with Crippen molar-refractivity contribution >= 4 is 52.7 Å². The molecule has 4 amide bonds. The molecule has 246 valence electrons. The molecule has 3 aromatic rings. The lowest BCUT2D eigenvalue weighted by Crippen LogP contribution is -2.49. The zero-order valence-corrected chi connectivity index (χ0v) is 27.7. The maximum absolute atomic E-state index is 14.5. The first kappa shape index (κ1) is 31.7. The van der Waals surface area contributed by atoms with Crippen LogP contribution < -0.4 is 19.3 Å². The fourth-order valence-corrected chi connectivity index (χ4v) is 8.41. The molecular formula is C38H35ClN2O7. The summed E-state index contributed by atoms with van der Waals surface area (Å²) in [6, 6.07) is 17.3. The van der Waals surface area contributed by atoms with Crippen LogP contribution in [0.5, 0.6) is 17.2 Å². The second kappa shape index (κ2) is 11.7. The molecule has 0 unspecified atom stereocenters. The Balaban J connectivity index is 1.34. The van der Waals surface area contributed by atoms with Gasteiger partial charge < -0.3 is 14.6 Å². The van der Waals surface area contributed by atoms with E-state index in [-0.39, 0.29) is 47.3 Å². The number of rotatable bonds is 6. The summed E-state index contributed by atoms with van der Waals surface area (Å²) in [5.74, 6) is -4.01. The van der Waals surface area contributed by atoms with E-state index in [2.05, 4.69) is 0 Å². The highest BCUT2D eigenvalue weighted by atomic mass is 35.5. The highest BCUT2D eigenvalue weighted by Gasteiger charge is 2.67. The van der Waals surface area contributed by atoms with E-state index in [0.29, 0.717) is 28.4 Å². The Morgan fingerprint density at radius 1 is 0.875 bits per heavy atom. The summed E-state index contributed by atoms with van der Waals surface area (Å²) in [6.45, 7) is 3.69. The largest absolute Gasteiger partial charge is 0.502 e. The maximum atomic E-state index is 14.5. The van der Waals surface area contributed by atoms with Gasteiger partial charge in [0.05, 0.1) is 48.8 Å². The van der Waals surface area contributed by atoms with Gasteiger partial charge in [-0.05, 0) is 80.1 Å². The molecular weight excluding hydrogens is 632 g/mol. The maximum Gasteiger partial charge on any atom is 0.241 e. The summed E-state index contributed by atoms with van der Waals surface area (Å²) in [5.41, 5.74) is 2.08. The van der Waals surface area contributed by atoms with Crippen molar-refractivity contribution in [2.45, 2.75) is 26.7 Å². The van der Waals surface area contributed by atoms with Crippen molar-refractivity contribution < 1.29 is 33.8 Å². The zero-order chi connectivity index (χ0) is 34.1. The van der Waals surface area contributed by atoms with Gasteiger partial charge in [0.1, 0.15) is 0 Å². The van der Waals surface area contributed by atoms with E-state index in [0.717, 1.165) is 11.1 Å². The number of para-hydroxylation sites is 1. The fourth-order valence-electron chi connectivity index (χ4n) is 8.23. The summed E-state index contributed by atoms with van der Waals surface area (Å²) in [5, 5.41) is 10.9. The molecule has 0 spiro atoms. The average molecular weight is 667 g/mol. The normalized spacial score (nSPS) is 28.0. The van der Waals surface area contributed by atoms with Crippen LogP contribution >= 0.6 is 11.6 Å². The van der Waals surface area contributed by atoms with E-state index < -0.39 is 35.0 Å². The van der Waals surface area contributed by atoms with Crippen LogP contribution in [-0.2, 0) is 19.2 Å². The van der Waals surface area contributed by atoms with Crippen LogP contribution in [0.3, 0.4) is 0 Å². The number of carbonyl (C=O) groups excluding carboxylic acids is 4. The SMILES string of the molecule is COc1cc(C=C[C@H]2C3=CC[C@@H]4C(=O)N(c5ccc(C)c(Cl)c5)C(=O)[C@@H]4[C@@H]3C[C@H]3C(=O)N(c4ccccc4)C(=O)[C@@]23C)cc(OC)c1O. The number of methoxy groups -OCH3 is 2. The molecule has 2 heterocycles. The number of phenolic OH excluding ortho intramolecular Hbond substituents is 1. The van der Waals surface area contributed by atoms with Crippen molar-refractivity contribution in [3.8, 4) is 17.2 Å². The van der Waals surface area contributed by atoms with Crippen LogP contribution in [0.25, 0.3) is 6.08 Å². The van der Waals surface area contributed by atoms with Crippen molar-refractivity contribution in [1.29, 1.82) is 0 Å². The first-order chi connectivity index (χ1) is 23.0. The molecule has 1 N–H and O–H groups in total. The van der Waals surface area contributed by atoms with Gasteiger partial charge in [-0.15, -0.1) is 0 Å². The summed E-state index contributed by atoms with van der Waals surface area (Å²) in [6.07, 6.45) is 6.30. The third kappa shape index (κ3) is 4.58. The fraction of sp³-hybridized carbons (Fsp3) is 0.316. The summed E-state index contributed by atoms with van der Waals surface area (Å²) < 4.78 is 10.7. The standard InChI is InChI=1S/C38H35ClN2O7/c1-20-10-12-23(18-29(20)39)40-34(43)25-14-13-24-26(32(25)36(40)45)19-28-35(44)41(22-8-6-5-7-9-22)37(46)38(28,2)27(24)15-11-21-16-30(47-3)33(42)31(17-21)48-4/h5-13,15-18,25-28,32,42H,14,19H2,1-4H3/t25-,26+,27-,28-,32-,38-/m0/s1. The number of hydrogen-bond donors (Lipinski definition) is 1. The number of nitrogens with zero attached hydrogens (tertiary/aromatic N) is 2. The Morgan fingerprint density at radius 3 is 2.21 bits per heavy atom. The topological polar surface area (TPSA) is 113 Å². The third-order valence-electron chi connectivity index (χ3n) is 10.8. The van der Waals surface area contributed by atoms with Gasteiger partial charge in [0, 0.05) is 10.9 Å². The Labute approximate surface area is 283 Å². The van der Waals surface area contributed by atoms with Gasteiger partial charge in [0.25, 0.3) is 0 Å². The number of benzene rings is 3. The lowest BCUT2D eigenvalue weighted by Gasteiger charge is -2.47. The molecule has 6 atom stereocenters. The van der Waals surface area contributed by atoms with E-state index in [9.17, 15) is 24.3 Å². The number of allylic oxidation sites excluding steroid dienone is 3. The number of halogens is 1. The first-order valence-corrected chi connectivity index (χ1v) is 16.3. The lowest BCUT2D eigenvalue weighted by molar-refractivity contribution is -0.132. The Bertz CT molecular complexity index is 1910. The predicted octanol–water partition coefficient (Wildman–Crippen LogP) is 6.35. The molecule has 0 bridgehead atoms. The summed E-state index contributed by atoms with van der Waals surface area (Å²) >= 11 is 6.40. The minimum absolute atomic E-state index is 0.137. The smallest absolute Gasteiger partial charge is 0.241 e. The molecule has 2 aliphatic heterocycles. The number of phenols is 1. The average Bonchev–Trinajstić information content (AvgIpc) is 3.45. The predicted molar refractivity (Wildman–Crippen MR) is 181 cm³/mol. The molecule has 7 rings (SSSR count). The van der Waals surface area contributed by atoms with Gasteiger partial charge in [-0.25, -0.2) is 9.80 Å². The number of imide groups is 2. The molecule has 10 heteroatoms. The number of aromatic hydroxyl groups is 1. The lowest BCUT2D eigenvalue weighted by atomic mass is 9.52. The van der Waals surface area contributed by atoms with Gasteiger partial charge in [0.15, 0.2) is 11.5 Å². The first-order valence-electron chi connectivity index (χ1n) is 15.9. The molecule has 2 aliphatic carbocycles. The molecule has 48 heavy (non-hydrogen) atoms. The van der Waals surface area contributed by atoms with Crippen LogP contribution in [-0.4, -0.2) is 43.0 Å². The van der Waals surface area contributed by atoms with Crippen molar-refractivity contribution in [2.24, 2.45) is 35.0 Å². The molecule has 4 aliphatic rings. The summed E-state index contributed by atoms with van der Waals surface area (Å²) in [4.78, 5) is 59.4. The van der Waals surface area contributed by atoms with Crippen molar-refractivity contribution in [3.05, 3.63) is 94.5 Å². The van der Waals surface area contributed by atoms with Crippen LogP contribution in [0.1, 0.15) is 30.9 Å². The number of ether oxygens (including phenoxy) is 2. The van der Waals surface area contributed by atoms with Gasteiger partial charge >= 0.3 is 0 Å². The molecule has 0 aromatic heterocycles. The van der Waals surface area contributed by atoms with Crippen LogP contribution in [0.2, 0.25) is 5.02 Å². The number of carbonyl (C=O) groups is 4. The minimum atomic E-state index is -1.17. The van der Waals surface area contributed by atoms with Crippen LogP contribution in [0, 0.1) is 41.9 Å². The second-order valence-corrected chi connectivity index (χ2v) is 13.5. The van der Waals surface area contributed by atoms with E-state index in [1.54, 1.807) is 54.6 Å². The summed E-state index contributed by atoms with van der Waals surface area (Å²) in [7, 11) is 2.88. The Kier molecular flexibility index (Phi) is 7.70. The van der Waals surface area contributed by atoms with Crippen molar-refractivity contribution in [3.63, 3.8) is 0 Å². The third-order valence-corrected chi connectivity index (χ3v) is 11.2. The van der Waals surface area contributed by atoms with E-state index in [1.165, 1.54) is 24.0 Å². The van der Waals surface area contributed by atoms with E-state index in [4.69, 9.17) is 21.1 Å². The number of hydrogen-bond acceptors (Lipinski definition) is 7. The van der Waals surface area contributed by atoms with Crippen molar-refractivity contribution in [2.75, 3.05) is 24.0 Å². The Morgan fingerprint density at radius 2 is 1.56 bits per heavy atom. The number of fused-ring (bicyclic) bond motifs is 4. The molecule has 0 radical (unpaired) electrons. The molecule has 2 saturated heterocycles. The van der Waals surface area contributed by atoms with Gasteiger partial charge in [-0.1, -0.05) is 59.7 Å².